The van der Waals surface area contributed by atoms with E-state index in [9.17, 15) is 19.8 Å². The Balaban J connectivity index is 1.51. The molecule has 0 aromatic carbocycles. The van der Waals surface area contributed by atoms with Crippen molar-refractivity contribution in [2.75, 3.05) is 0 Å². The highest BCUT2D eigenvalue weighted by molar-refractivity contribution is 6.00. The number of ketones is 2. The molecule has 0 amide bonds. The van der Waals surface area contributed by atoms with Crippen LogP contribution in [0.3, 0.4) is 0 Å². The Bertz CT molecular complexity index is 993. The summed E-state index contributed by atoms with van der Waals surface area (Å²) in [5.41, 5.74) is 0.700. The number of epoxide rings is 1. The van der Waals surface area contributed by atoms with E-state index in [-0.39, 0.29) is 56.9 Å². The smallest absolute Gasteiger partial charge is 0.160 e. The van der Waals surface area contributed by atoms with Gasteiger partial charge in [-0.25, -0.2) is 0 Å². The van der Waals surface area contributed by atoms with E-state index in [4.69, 9.17) is 4.74 Å². The number of carbonyl (C=O) groups is 2. The molecule has 9 atom stereocenters. The van der Waals surface area contributed by atoms with Crippen LogP contribution in [0.25, 0.3) is 0 Å². The number of hydrogen-bond donors (Lipinski definition) is 2. The molecule has 0 spiro atoms. The van der Waals surface area contributed by atoms with Crippen molar-refractivity contribution < 1.29 is 24.5 Å². The molecular formula is C30H46O5. The van der Waals surface area contributed by atoms with Gasteiger partial charge in [0, 0.05) is 23.7 Å². The molecule has 5 nitrogen and oxygen atoms in total. The summed E-state index contributed by atoms with van der Waals surface area (Å²) in [6, 6.07) is 0. The van der Waals surface area contributed by atoms with Gasteiger partial charge in [-0.1, -0.05) is 47.1 Å². The maximum absolute atomic E-state index is 13.6. The Morgan fingerprint density at radius 1 is 1.06 bits per heavy atom. The Kier molecular flexibility index (Phi) is 5.49. The zero-order valence-corrected chi connectivity index (χ0v) is 23.0. The first-order valence-corrected chi connectivity index (χ1v) is 13.8. The molecule has 0 unspecified atom stereocenters. The molecule has 5 heteroatoms. The van der Waals surface area contributed by atoms with Crippen LogP contribution >= 0.6 is 0 Å². The van der Waals surface area contributed by atoms with Gasteiger partial charge in [0.25, 0.3) is 0 Å². The van der Waals surface area contributed by atoms with Gasteiger partial charge in [-0.05, 0) is 80.1 Å². The lowest BCUT2D eigenvalue weighted by Crippen LogP contribution is -2.65. The average molecular weight is 487 g/mol. The van der Waals surface area contributed by atoms with Gasteiger partial charge in [-0.3, -0.25) is 9.59 Å². The number of Topliss-reactive ketones (excluding diaryl/α,β-unsaturated/α-hetero) is 2. The molecular weight excluding hydrogens is 440 g/mol. The van der Waals surface area contributed by atoms with Crippen LogP contribution in [0.15, 0.2) is 11.1 Å². The molecule has 0 aromatic rings. The first kappa shape index (κ1) is 25.6. The van der Waals surface area contributed by atoms with Crippen LogP contribution in [-0.4, -0.2) is 45.7 Å². The average Bonchev–Trinajstić information content (AvgIpc) is 3.28. The van der Waals surface area contributed by atoms with Gasteiger partial charge in [0.05, 0.1) is 17.8 Å². The first-order valence-electron chi connectivity index (χ1n) is 13.8. The van der Waals surface area contributed by atoms with Crippen molar-refractivity contribution in [1.82, 2.24) is 0 Å². The number of aliphatic hydroxyl groups is 2. The molecule has 0 aromatic heterocycles. The summed E-state index contributed by atoms with van der Waals surface area (Å²) < 4.78 is 5.66. The molecule has 1 aliphatic heterocycles. The summed E-state index contributed by atoms with van der Waals surface area (Å²) in [6.07, 6.45) is 3.52. The Labute approximate surface area is 211 Å². The number of fused-ring (bicyclic) bond motifs is 5. The number of allylic oxidation sites excluding steroid dienone is 1. The highest BCUT2D eigenvalue weighted by atomic mass is 16.6. The number of rotatable bonds is 4. The second-order valence-corrected chi connectivity index (χ2v) is 14.6. The molecule has 3 saturated carbocycles. The van der Waals surface area contributed by atoms with Crippen molar-refractivity contribution >= 4 is 11.6 Å². The normalized spacial score (nSPS) is 47.6. The molecule has 0 bridgehead atoms. The monoisotopic (exact) mass is 486 g/mol. The molecule has 0 radical (unpaired) electrons. The van der Waals surface area contributed by atoms with Crippen molar-refractivity contribution in [1.29, 1.82) is 0 Å². The third kappa shape index (κ3) is 3.29. The second kappa shape index (κ2) is 7.51. The van der Waals surface area contributed by atoms with Gasteiger partial charge in [0.2, 0.25) is 0 Å². The van der Waals surface area contributed by atoms with Crippen LogP contribution in [0.4, 0.5) is 0 Å². The molecule has 2 N–H and O–H groups in total. The predicted octanol–water partition coefficient (Wildman–Crippen LogP) is 5.02. The van der Waals surface area contributed by atoms with E-state index >= 15 is 0 Å². The minimum Gasteiger partial charge on any atom is -0.392 e. The lowest BCUT2D eigenvalue weighted by Gasteiger charge is -2.68. The molecule has 35 heavy (non-hydrogen) atoms. The van der Waals surface area contributed by atoms with Crippen molar-refractivity contribution in [3.8, 4) is 0 Å². The SMILES string of the molecule is C[C@H](C[C@@H](O)[C@H]1OC1(C)C)C1=C2C[C@@H](O)[C@@H]3[C@]4(C)CCC(=O)C(C)(C)[C@@H]4CC[C@]3(C)[C@@]2(C)CC1=O. The molecule has 196 valence electrons. The zero-order chi connectivity index (χ0) is 25.9. The van der Waals surface area contributed by atoms with Crippen LogP contribution in [0.5, 0.6) is 0 Å². The van der Waals surface area contributed by atoms with E-state index < -0.39 is 12.2 Å². The van der Waals surface area contributed by atoms with Crippen LogP contribution in [-0.2, 0) is 14.3 Å². The Morgan fingerprint density at radius 3 is 2.29 bits per heavy atom. The summed E-state index contributed by atoms with van der Waals surface area (Å²) >= 11 is 0. The fourth-order valence-corrected chi connectivity index (χ4v) is 9.98. The maximum Gasteiger partial charge on any atom is 0.160 e. The van der Waals surface area contributed by atoms with Gasteiger partial charge in [-0.2, -0.15) is 0 Å². The van der Waals surface area contributed by atoms with Gasteiger partial charge < -0.3 is 14.9 Å². The standard InChI is InChI=1S/C30H46O5/c1-16(13-19(32)25-27(4,5)35-25)23-17-14-18(31)24-28(6)11-10-22(34)26(2,3)21(28)9-12-29(24,7)30(17,8)15-20(23)33/h16,18-19,21,24-25,31-32H,9-15H2,1-8H3/t16-,18-,19-,21+,24-,25-,28-,29+,30+/m1/s1. The van der Waals surface area contributed by atoms with Crippen molar-refractivity contribution in [2.45, 2.75) is 124 Å². The van der Waals surface area contributed by atoms with Crippen molar-refractivity contribution in [3.63, 3.8) is 0 Å². The number of aliphatic hydroxyl groups excluding tert-OH is 2. The van der Waals surface area contributed by atoms with Crippen LogP contribution in [0.2, 0.25) is 0 Å². The highest BCUT2D eigenvalue weighted by Gasteiger charge is 2.70. The topological polar surface area (TPSA) is 87.1 Å². The Morgan fingerprint density at radius 2 is 1.69 bits per heavy atom. The number of hydrogen-bond acceptors (Lipinski definition) is 5. The van der Waals surface area contributed by atoms with Crippen molar-refractivity contribution in [2.24, 2.45) is 39.4 Å². The van der Waals surface area contributed by atoms with Gasteiger partial charge in [0.1, 0.15) is 11.9 Å². The fourth-order valence-electron chi connectivity index (χ4n) is 9.98. The van der Waals surface area contributed by atoms with Gasteiger partial charge in [-0.15, -0.1) is 0 Å². The molecule has 5 rings (SSSR count). The summed E-state index contributed by atoms with van der Waals surface area (Å²) in [5, 5.41) is 22.6. The molecule has 4 aliphatic carbocycles. The summed E-state index contributed by atoms with van der Waals surface area (Å²) in [5.74, 6) is 0.793. The summed E-state index contributed by atoms with van der Waals surface area (Å²) in [7, 11) is 0. The van der Waals surface area contributed by atoms with E-state index in [1.807, 2.05) is 13.8 Å². The summed E-state index contributed by atoms with van der Waals surface area (Å²) in [6.45, 7) is 17.2. The van der Waals surface area contributed by atoms with Gasteiger partial charge >= 0.3 is 0 Å². The third-order valence-corrected chi connectivity index (χ3v) is 12.0. The summed E-state index contributed by atoms with van der Waals surface area (Å²) in [4.78, 5) is 26.5. The van der Waals surface area contributed by atoms with E-state index in [2.05, 4.69) is 41.5 Å². The third-order valence-electron chi connectivity index (χ3n) is 12.0. The lowest BCUT2D eigenvalue weighted by molar-refractivity contribution is -0.208. The molecule has 4 fully saturated rings. The van der Waals surface area contributed by atoms with E-state index in [0.29, 0.717) is 31.5 Å². The van der Waals surface area contributed by atoms with Crippen LogP contribution in [0, 0.1) is 39.4 Å². The molecule has 5 aliphatic rings. The van der Waals surface area contributed by atoms with Crippen LogP contribution < -0.4 is 0 Å². The first-order chi connectivity index (χ1) is 16.0. The van der Waals surface area contributed by atoms with E-state index in [1.54, 1.807) is 0 Å². The van der Waals surface area contributed by atoms with Gasteiger partial charge in [0.15, 0.2) is 5.78 Å². The van der Waals surface area contributed by atoms with Crippen LogP contribution in [0.1, 0.15) is 100 Å². The number of ether oxygens (including phenoxy) is 1. The largest absolute Gasteiger partial charge is 0.392 e. The number of carbonyl (C=O) groups excluding carboxylic acids is 2. The van der Waals surface area contributed by atoms with E-state index in [0.717, 1.165) is 30.4 Å². The minimum absolute atomic E-state index is 0.0589. The van der Waals surface area contributed by atoms with E-state index in [1.165, 1.54) is 0 Å². The quantitative estimate of drug-likeness (QED) is 0.545. The second-order valence-electron chi connectivity index (χ2n) is 14.6. The highest BCUT2D eigenvalue weighted by Crippen LogP contribution is 2.73. The maximum atomic E-state index is 13.6. The Hall–Kier alpha value is -1.04. The molecule has 1 saturated heterocycles. The fraction of sp³-hybridized carbons (Fsp3) is 0.867. The minimum atomic E-state index is -0.596. The predicted molar refractivity (Wildman–Crippen MR) is 135 cm³/mol. The molecule has 1 heterocycles. The zero-order valence-electron chi connectivity index (χ0n) is 23.0. The lowest BCUT2D eigenvalue weighted by atomic mass is 9.36. The van der Waals surface area contributed by atoms with Crippen molar-refractivity contribution in [3.05, 3.63) is 11.1 Å².